The summed E-state index contributed by atoms with van der Waals surface area (Å²) in [5.74, 6) is 0.546. The number of hydrogen-bond donors (Lipinski definition) is 0. The number of unbranched alkanes of at least 4 members (excludes halogenated alkanes) is 3. The van der Waals surface area contributed by atoms with Crippen LogP contribution in [0.3, 0.4) is 0 Å². The summed E-state index contributed by atoms with van der Waals surface area (Å²) in [5, 5.41) is 0. The summed E-state index contributed by atoms with van der Waals surface area (Å²) in [7, 11) is 0. The van der Waals surface area contributed by atoms with E-state index in [1.165, 1.54) is 25.7 Å². The molecule has 0 aromatic rings. The van der Waals surface area contributed by atoms with Crippen molar-refractivity contribution in [2.45, 2.75) is 66.7 Å². The molecule has 0 fully saturated rings. The Morgan fingerprint density at radius 1 is 0.850 bits per heavy atom. The Labute approximate surface area is 126 Å². The molecule has 1 amide bonds. The quantitative estimate of drug-likeness (QED) is 0.509. The molecule has 0 aliphatic rings. The van der Waals surface area contributed by atoms with E-state index in [0.717, 1.165) is 39.1 Å². The normalized spacial score (nSPS) is 12.7. The second-order valence-electron chi connectivity index (χ2n) is 5.54. The summed E-state index contributed by atoms with van der Waals surface area (Å²) >= 11 is 0. The maximum Gasteiger partial charge on any atom is 0.226 e. The van der Waals surface area contributed by atoms with E-state index in [-0.39, 0.29) is 5.92 Å². The average Bonchev–Trinajstić information content (AvgIpc) is 2.47. The van der Waals surface area contributed by atoms with Crippen molar-refractivity contribution in [3.8, 4) is 0 Å². The first-order chi connectivity index (χ1) is 9.64. The monoisotopic (exact) mass is 284 g/mol. The first-order valence-electron chi connectivity index (χ1n) is 8.65. The van der Waals surface area contributed by atoms with E-state index < -0.39 is 0 Å². The van der Waals surface area contributed by atoms with Crippen LogP contribution in [-0.4, -0.2) is 48.4 Å². The molecule has 0 saturated heterocycles. The molecular weight excluding hydrogens is 248 g/mol. The maximum absolute atomic E-state index is 12.6. The molecule has 0 bridgehead atoms. The predicted molar refractivity (Wildman–Crippen MR) is 88.0 cm³/mol. The molecule has 20 heavy (non-hydrogen) atoms. The molecule has 0 spiro atoms. The van der Waals surface area contributed by atoms with Crippen molar-refractivity contribution in [1.82, 2.24) is 9.80 Å². The van der Waals surface area contributed by atoms with Gasteiger partial charge in [-0.1, -0.05) is 46.5 Å². The summed E-state index contributed by atoms with van der Waals surface area (Å²) in [6.07, 6.45) is 6.04. The van der Waals surface area contributed by atoms with Gasteiger partial charge in [0.15, 0.2) is 0 Å². The molecule has 0 aromatic heterocycles. The van der Waals surface area contributed by atoms with Gasteiger partial charge in [0.2, 0.25) is 5.91 Å². The molecule has 0 heterocycles. The third kappa shape index (κ3) is 7.28. The Morgan fingerprint density at radius 3 is 1.90 bits per heavy atom. The zero-order chi connectivity index (χ0) is 15.4. The Morgan fingerprint density at radius 2 is 1.45 bits per heavy atom. The molecule has 3 nitrogen and oxygen atoms in total. The molecule has 1 unspecified atom stereocenters. The first-order valence-corrected chi connectivity index (χ1v) is 8.65. The highest BCUT2D eigenvalue weighted by atomic mass is 16.2. The van der Waals surface area contributed by atoms with E-state index >= 15 is 0 Å². The van der Waals surface area contributed by atoms with Crippen molar-refractivity contribution in [2.75, 3.05) is 32.7 Å². The van der Waals surface area contributed by atoms with Crippen LogP contribution in [0.1, 0.15) is 66.7 Å². The third-order valence-corrected chi connectivity index (χ3v) is 4.20. The second kappa shape index (κ2) is 12.2. The van der Waals surface area contributed by atoms with Gasteiger partial charge in [-0.2, -0.15) is 0 Å². The van der Waals surface area contributed by atoms with Crippen molar-refractivity contribution >= 4 is 5.91 Å². The maximum atomic E-state index is 12.6. The predicted octanol–water partition coefficient (Wildman–Crippen LogP) is 3.78. The topological polar surface area (TPSA) is 23.6 Å². The van der Waals surface area contributed by atoms with Crippen LogP contribution in [0.4, 0.5) is 0 Å². The van der Waals surface area contributed by atoms with Crippen LogP contribution in [0.2, 0.25) is 0 Å². The van der Waals surface area contributed by atoms with Gasteiger partial charge in [0.25, 0.3) is 0 Å². The Kier molecular flexibility index (Phi) is 11.8. The van der Waals surface area contributed by atoms with Gasteiger partial charge < -0.3 is 9.80 Å². The fourth-order valence-corrected chi connectivity index (χ4v) is 2.70. The summed E-state index contributed by atoms with van der Waals surface area (Å²) in [4.78, 5) is 17.0. The van der Waals surface area contributed by atoms with Crippen LogP contribution in [0, 0.1) is 5.92 Å². The highest BCUT2D eigenvalue weighted by Crippen LogP contribution is 2.16. The van der Waals surface area contributed by atoms with Crippen LogP contribution >= 0.6 is 0 Å². The van der Waals surface area contributed by atoms with E-state index in [1.54, 1.807) is 0 Å². The largest absolute Gasteiger partial charge is 0.343 e. The fraction of sp³-hybridized carbons (Fsp3) is 0.941. The van der Waals surface area contributed by atoms with Gasteiger partial charge in [0.05, 0.1) is 5.92 Å². The smallest absolute Gasteiger partial charge is 0.226 e. The molecule has 0 saturated carbocycles. The van der Waals surface area contributed by atoms with Gasteiger partial charge in [-0.25, -0.2) is 0 Å². The van der Waals surface area contributed by atoms with Gasteiger partial charge >= 0.3 is 0 Å². The van der Waals surface area contributed by atoms with E-state index in [4.69, 9.17) is 0 Å². The molecule has 0 radical (unpaired) electrons. The molecule has 0 aliphatic carbocycles. The van der Waals surface area contributed by atoms with Crippen molar-refractivity contribution in [1.29, 1.82) is 0 Å². The molecule has 0 N–H and O–H groups in total. The van der Waals surface area contributed by atoms with Crippen molar-refractivity contribution < 1.29 is 4.79 Å². The van der Waals surface area contributed by atoms with Gasteiger partial charge in [-0.15, -0.1) is 0 Å². The highest BCUT2D eigenvalue weighted by molar-refractivity contribution is 5.79. The fourth-order valence-electron chi connectivity index (χ4n) is 2.70. The molecule has 3 heteroatoms. The lowest BCUT2D eigenvalue weighted by Gasteiger charge is -2.29. The number of rotatable bonds is 12. The number of carbonyl (C=O) groups is 1. The number of amides is 1. The molecule has 0 rings (SSSR count). The van der Waals surface area contributed by atoms with Crippen molar-refractivity contribution in [3.63, 3.8) is 0 Å². The van der Waals surface area contributed by atoms with E-state index in [2.05, 4.69) is 39.5 Å². The first kappa shape index (κ1) is 19.4. The molecular formula is C17H36N2O. The number of hydrogen-bond acceptors (Lipinski definition) is 2. The van der Waals surface area contributed by atoms with E-state index in [0.29, 0.717) is 5.91 Å². The third-order valence-electron chi connectivity index (χ3n) is 4.20. The molecule has 0 aromatic carbocycles. The van der Waals surface area contributed by atoms with Gasteiger partial charge in [-0.05, 0) is 33.4 Å². The van der Waals surface area contributed by atoms with Crippen LogP contribution in [-0.2, 0) is 4.79 Å². The number of carbonyl (C=O) groups excluding carboxylic acids is 1. The Bertz CT molecular complexity index is 235. The summed E-state index contributed by atoms with van der Waals surface area (Å²) in [6, 6.07) is 0. The SMILES string of the molecule is CCCCCCC(CN(CC)CC)C(=O)N(CC)CC. The minimum Gasteiger partial charge on any atom is -0.343 e. The van der Waals surface area contributed by atoms with Crippen LogP contribution in [0.25, 0.3) is 0 Å². The average molecular weight is 284 g/mol. The van der Waals surface area contributed by atoms with Gasteiger partial charge in [0.1, 0.15) is 0 Å². The lowest BCUT2D eigenvalue weighted by molar-refractivity contribution is -0.136. The molecule has 0 aliphatic heterocycles. The Balaban J connectivity index is 4.54. The summed E-state index contributed by atoms with van der Waals surface area (Å²) in [5.41, 5.74) is 0. The molecule has 120 valence electrons. The van der Waals surface area contributed by atoms with E-state index in [9.17, 15) is 4.79 Å². The minimum atomic E-state index is 0.187. The standard InChI is InChI=1S/C17H36N2O/c1-6-11-12-13-14-16(15-18(7-2)8-3)17(20)19(9-4)10-5/h16H,6-15H2,1-5H3. The van der Waals surface area contributed by atoms with Crippen molar-refractivity contribution in [2.24, 2.45) is 5.92 Å². The number of nitrogens with zero attached hydrogens (tertiary/aromatic N) is 2. The summed E-state index contributed by atoms with van der Waals surface area (Å²) < 4.78 is 0. The lowest BCUT2D eigenvalue weighted by atomic mass is 9.98. The second-order valence-corrected chi connectivity index (χ2v) is 5.54. The van der Waals surface area contributed by atoms with Gasteiger partial charge in [-0.3, -0.25) is 4.79 Å². The van der Waals surface area contributed by atoms with Crippen molar-refractivity contribution in [3.05, 3.63) is 0 Å². The zero-order valence-corrected chi connectivity index (χ0v) is 14.5. The molecule has 1 atom stereocenters. The van der Waals surface area contributed by atoms with Gasteiger partial charge in [0, 0.05) is 19.6 Å². The minimum absolute atomic E-state index is 0.187. The van der Waals surface area contributed by atoms with E-state index in [1.807, 2.05) is 4.90 Å². The van der Waals surface area contributed by atoms with Crippen LogP contribution < -0.4 is 0 Å². The Hall–Kier alpha value is -0.570. The van der Waals surface area contributed by atoms with Crippen LogP contribution in [0.5, 0.6) is 0 Å². The zero-order valence-electron chi connectivity index (χ0n) is 14.5. The van der Waals surface area contributed by atoms with Crippen LogP contribution in [0.15, 0.2) is 0 Å². The summed E-state index contributed by atoms with van der Waals surface area (Å²) in [6.45, 7) is 15.4. The lowest BCUT2D eigenvalue weighted by Crippen LogP contribution is -2.41. The highest BCUT2D eigenvalue weighted by Gasteiger charge is 2.23.